The van der Waals surface area contributed by atoms with E-state index in [1.807, 2.05) is 67.6 Å². The van der Waals surface area contributed by atoms with E-state index in [9.17, 15) is 24.0 Å². The Hall–Kier alpha value is -5.72. The molecule has 294 valence electrons. The molecular weight excluding hydrogens is 718 g/mol. The van der Waals surface area contributed by atoms with E-state index in [-0.39, 0.29) is 19.4 Å². The summed E-state index contributed by atoms with van der Waals surface area (Å²) in [6.45, 7) is 7.50. The van der Waals surface area contributed by atoms with Gasteiger partial charge in [-0.05, 0) is 56.7 Å². The molecule has 0 N–H and O–H groups in total. The molecule has 2 aromatic rings. The number of carbonyl (C=O) groups excluding carboxylic acids is 5. The molecule has 0 spiro atoms. The molecule has 2 aliphatic heterocycles. The van der Waals surface area contributed by atoms with Gasteiger partial charge >= 0.3 is 29.8 Å². The van der Waals surface area contributed by atoms with Gasteiger partial charge in [0.15, 0.2) is 12.2 Å². The van der Waals surface area contributed by atoms with E-state index in [4.69, 9.17) is 42.7 Å². The van der Waals surface area contributed by atoms with Gasteiger partial charge in [-0.15, -0.1) is 0 Å². The molecule has 4 rings (SSSR count). The van der Waals surface area contributed by atoms with Crippen molar-refractivity contribution in [2.24, 2.45) is 5.16 Å². The lowest BCUT2D eigenvalue weighted by molar-refractivity contribution is -0.308. The minimum Gasteiger partial charge on any atom is -0.483 e. The molecule has 15 nitrogen and oxygen atoms in total. The average molecular weight is 764 g/mol. The quantitative estimate of drug-likeness (QED) is 0.0675. The lowest BCUT2D eigenvalue weighted by atomic mass is 9.98. The smallest absolute Gasteiger partial charge is 0.306 e. The molecule has 2 heterocycles. The van der Waals surface area contributed by atoms with Crippen molar-refractivity contribution in [3.05, 3.63) is 77.9 Å². The Morgan fingerprint density at radius 3 is 1.98 bits per heavy atom. The van der Waals surface area contributed by atoms with Gasteiger partial charge in [0.05, 0.1) is 12.1 Å². The van der Waals surface area contributed by atoms with Crippen LogP contribution >= 0.6 is 0 Å². The molecule has 0 amide bonds. The molecule has 1 saturated heterocycles. The van der Waals surface area contributed by atoms with Crippen LogP contribution in [-0.4, -0.2) is 97.8 Å². The molecule has 8 atom stereocenters. The van der Waals surface area contributed by atoms with Gasteiger partial charge in [0.25, 0.3) is 6.29 Å². The molecule has 0 bridgehead atoms. The first-order chi connectivity index (χ1) is 26.3. The maximum atomic E-state index is 12.9. The fourth-order valence-corrected chi connectivity index (χ4v) is 5.42. The Kier molecular flexibility index (Phi) is 15.8. The van der Waals surface area contributed by atoms with E-state index in [2.05, 4.69) is 17.0 Å². The zero-order valence-corrected chi connectivity index (χ0v) is 31.5. The van der Waals surface area contributed by atoms with Gasteiger partial charge in [0.2, 0.25) is 6.10 Å². The predicted molar refractivity (Wildman–Crippen MR) is 193 cm³/mol. The number of ether oxygens (including phenoxy) is 8. The summed E-state index contributed by atoms with van der Waals surface area (Å²) in [5.74, 6) is 3.24. The van der Waals surface area contributed by atoms with Crippen molar-refractivity contribution in [1.29, 1.82) is 0 Å². The first-order valence-corrected chi connectivity index (χ1v) is 17.6. The molecular formula is C40H45NO14. The highest BCUT2D eigenvalue weighted by atomic mass is 16.8. The van der Waals surface area contributed by atoms with Crippen molar-refractivity contribution in [2.75, 3.05) is 13.2 Å². The summed E-state index contributed by atoms with van der Waals surface area (Å²) in [5, 5.41) is 4.04. The number of hydrogen-bond acceptors (Lipinski definition) is 15. The van der Waals surface area contributed by atoms with Gasteiger partial charge in [0.1, 0.15) is 43.4 Å². The number of nitrogens with zero attached hydrogens (tertiary/aromatic N) is 1. The van der Waals surface area contributed by atoms with Gasteiger partial charge < -0.3 is 42.7 Å². The van der Waals surface area contributed by atoms with Crippen molar-refractivity contribution < 1.29 is 66.7 Å². The minimum absolute atomic E-state index is 0.0873. The molecule has 0 radical (unpaired) electrons. The second-order valence-electron chi connectivity index (χ2n) is 12.7. The maximum Gasteiger partial charge on any atom is 0.306 e. The predicted octanol–water partition coefficient (Wildman–Crippen LogP) is 3.92. The van der Waals surface area contributed by atoms with Crippen LogP contribution in [0.4, 0.5) is 0 Å². The van der Waals surface area contributed by atoms with E-state index in [0.717, 1.165) is 38.8 Å². The normalized spacial score (nSPS) is 24.6. The summed E-state index contributed by atoms with van der Waals surface area (Å²) in [7, 11) is 0. The van der Waals surface area contributed by atoms with Crippen LogP contribution in [0.2, 0.25) is 0 Å². The van der Waals surface area contributed by atoms with E-state index in [1.165, 1.54) is 0 Å². The third kappa shape index (κ3) is 13.9. The maximum absolute atomic E-state index is 12.9. The summed E-state index contributed by atoms with van der Waals surface area (Å²) in [4.78, 5) is 66.2. The fourth-order valence-electron chi connectivity index (χ4n) is 5.42. The molecule has 55 heavy (non-hydrogen) atoms. The second-order valence-corrected chi connectivity index (χ2v) is 12.7. The van der Waals surface area contributed by atoms with Crippen LogP contribution in [-0.2, 0) is 62.0 Å². The van der Waals surface area contributed by atoms with Gasteiger partial charge in [-0.3, -0.25) is 24.0 Å². The molecule has 0 unspecified atom stereocenters. The van der Waals surface area contributed by atoms with Gasteiger partial charge in [0, 0.05) is 33.3 Å². The molecule has 1 fully saturated rings. The van der Waals surface area contributed by atoms with Crippen LogP contribution in [0, 0.1) is 18.8 Å². The Morgan fingerprint density at radius 1 is 0.691 bits per heavy atom. The zero-order chi connectivity index (χ0) is 39.9. The summed E-state index contributed by atoms with van der Waals surface area (Å²) < 4.78 is 45.0. The number of benzene rings is 2. The van der Waals surface area contributed by atoms with Gasteiger partial charge in [-0.1, -0.05) is 52.9 Å². The third-order valence-corrected chi connectivity index (χ3v) is 7.95. The Balaban J connectivity index is 1.41. The van der Waals surface area contributed by atoms with Gasteiger partial charge in [-0.2, -0.15) is 0 Å². The summed E-state index contributed by atoms with van der Waals surface area (Å²) in [6.07, 6.45) is -5.12. The third-order valence-electron chi connectivity index (χ3n) is 7.95. The summed E-state index contributed by atoms with van der Waals surface area (Å²) in [6, 6.07) is 17.0. The number of esters is 5. The van der Waals surface area contributed by atoms with Crippen molar-refractivity contribution in [3.8, 4) is 17.6 Å². The minimum atomic E-state index is -1.51. The van der Waals surface area contributed by atoms with Crippen molar-refractivity contribution in [2.45, 2.75) is 103 Å². The van der Waals surface area contributed by atoms with Crippen molar-refractivity contribution in [3.63, 3.8) is 0 Å². The Labute approximate surface area is 319 Å². The zero-order valence-electron chi connectivity index (χ0n) is 31.5. The highest BCUT2D eigenvalue weighted by Gasteiger charge is 2.53. The average Bonchev–Trinajstić information content (AvgIpc) is 3.14. The summed E-state index contributed by atoms with van der Waals surface area (Å²) >= 11 is 0. The highest BCUT2D eigenvalue weighted by Crippen LogP contribution is 2.30. The van der Waals surface area contributed by atoms with Crippen LogP contribution in [0.5, 0.6) is 5.75 Å². The Morgan fingerprint density at radius 2 is 1.33 bits per heavy atom. The SMILES string of the molecule is CC(=O)OC[C@H]1O[C@@H](O/N=C(\C)CCC(=O)OC[C@H]2O[C@H](C#Cc3ccccc3)C=C[C@@H]2Oc2ccc(C)cc2)[C@H](OC(C)=O)[C@@H](OC(C)=O)[C@@H]1OC(C)=O. The topological polar surface area (TPSA) is 181 Å². The number of rotatable bonds is 14. The monoisotopic (exact) mass is 763 g/mol. The van der Waals surface area contributed by atoms with Crippen LogP contribution < -0.4 is 4.74 Å². The van der Waals surface area contributed by atoms with Crippen LogP contribution in [0.3, 0.4) is 0 Å². The number of oxime groups is 1. The van der Waals surface area contributed by atoms with Crippen molar-refractivity contribution >= 4 is 35.6 Å². The van der Waals surface area contributed by atoms with E-state index in [1.54, 1.807) is 13.0 Å². The first-order valence-electron chi connectivity index (χ1n) is 17.6. The van der Waals surface area contributed by atoms with Crippen LogP contribution in [0.15, 0.2) is 71.9 Å². The number of carbonyl (C=O) groups is 5. The van der Waals surface area contributed by atoms with Crippen LogP contribution in [0.25, 0.3) is 0 Å². The molecule has 0 aromatic heterocycles. The number of hydrogen-bond donors (Lipinski definition) is 0. The largest absolute Gasteiger partial charge is 0.483 e. The lowest BCUT2D eigenvalue weighted by Gasteiger charge is -2.43. The molecule has 15 heteroatoms. The lowest BCUT2D eigenvalue weighted by Crippen LogP contribution is -2.62. The Bertz CT molecular complexity index is 1760. The van der Waals surface area contributed by atoms with E-state index < -0.39 is 85.5 Å². The van der Waals surface area contributed by atoms with E-state index >= 15 is 0 Å². The first kappa shape index (κ1) is 42.0. The second kappa shape index (κ2) is 20.7. The van der Waals surface area contributed by atoms with E-state index in [0.29, 0.717) is 11.5 Å². The van der Waals surface area contributed by atoms with Crippen molar-refractivity contribution in [1.82, 2.24) is 0 Å². The molecule has 2 aromatic carbocycles. The highest BCUT2D eigenvalue weighted by molar-refractivity contribution is 5.85. The summed E-state index contributed by atoms with van der Waals surface area (Å²) in [5.41, 5.74) is 2.22. The number of aryl methyl sites for hydroxylation is 1. The molecule has 0 saturated carbocycles. The van der Waals surface area contributed by atoms with Crippen LogP contribution in [0.1, 0.15) is 58.6 Å². The van der Waals surface area contributed by atoms with Gasteiger partial charge in [-0.25, -0.2) is 0 Å². The standard InChI is InChI=1S/C40H45NO14/c1-24-12-16-31(17-13-24)52-33-20-19-32(18-15-30-10-8-7-9-11-30)53-34(33)22-48-36(46)21-14-25(2)41-55-40-39(51-29(6)45)38(50-28(5)44)37(49-27(4)43)35(54-40)23-47-26(3)42/h7-13,16-17,19-20,32-35,37-40H,14,21-23H2,1-6H3/b41-25+/t32-,33+,34-,35-,37-,38+,39-,40+/m1/s1. The molecule has 0 aliphatic carbocycles. The fraction of sp³-hybridized carbons (Fsp3) is 0.450. The molecule has 2 aliphatic rings.